The second-order valence-electron chi connectivity index (χ2n) is 5.45. The highest BCUT2D eigenvalue weighted by Gasteiger charge is 2.18. The van der Waals surface area contributed by atoms with Crippen molar-refractivity contribution < 1.29 is 27.5 Å². The average Bonchev–Trinajstić information content (AvgIpc) is 3.29. The van der Waals surface area contributed by atoms with E-state index in [1.165, 1.54) is 36.8 Å². The number of alkyl halides is 2. The lowest BCUT2D eigenvalue weighted by atomic mass is 10.2. The Morgan fingerprint density at radius 3 is 2.81 bits per heavy atom. The third-order valence-corrected chi connectivity index (χ3v) is 4.63. The largest absolute Gasteiger partial charge is 0.493 e. The number of ether oxygens (including phenoxy) is 2. The fourth-order valence-corrected chi connectivity index (χ4v) is 3.28. The number of nitrogens with zero attached hydrogens (tertiary/aromatic N) is 1. The van der Waals surface area contributed by atoms with Gasteiger partial charge in [-0.15, -0.1) is 11.3 Å². The van der Waals surface area contributed by atoms with Crippen LogP contribution in [0, 0.1) is 6.92 Å². The van der Waals surface area contributed by atoms with Gasteiger partial charge in [-0.05, 0) is 36.8 Å². The first-order chi connectivity index (χ1) is 13.0. The second-order valence-corrected chi connectivity index (χ2v) is 6.65. The quantitative estimate of drug-likeness (QED) is 0.648. The summed E-state index contributed by atoms with van der Waals surface area (Å²) in [7, 11) is 1.36. The summed E-state index contributed by atoms with van der Waals surface area (Å²) in [5.74, 6) is 0.313. The summed E-state index contributed by atoms with van der Waals surface area (Å²) in [6, 6.07) is 8.06. The van der Waals surface area contributed by atoms with E-state index in [-0.39, 0.29) is 24.0 Å². The summed E-state index contributed by atoms with van der Waals surface area (Å²) in [6.07, 6.45) is 1.54. The summed E-state index contributed by atoms with van der Waals surface area (Å²) in [5, 5.41) is 3.33. The van der Waals surface area contributed by atoms with E-state index >= 15 is 0 Å². The number of nitrogens with one attached hydrogen (secondary N) is 1. The molecule has 9 heteroatoms. The Kier molecular flexibility index (Phi) is 5.70. The van der Waals surface area contributed by atoms with Crippen molar-refractivity contribution in [1.29, 1.82) is 0 Å². The van der Waals surface area contributed by atoms with E-state index in [0.717, 1.165) is 4.88 Å². The van der Waals surface area contributed by atoms with Crippen molar-refractivity contribution in [3.05, 3.63) is 52.7 Å². The lowest BCUT2D eigenvalue weighted by Gasteiger charge is -2.12. The van der Waals surface area contributed by atoms with Gasteiger partial charge < -0.3 is 19.2 Å². The molecule has 1 aromatic carbocycles. The van der Waals surface area contributed by atoms with Gasteiger partial charge in [0, 0.05) is 11.4 Å². The smallest absolute Gasteiger partial charge is 0.387 e. The molecule has 0 spiro atoms. The van der Waals surface area contributed by atoms with Crippen LogP contribution in [0.15, 0.2) is 41.0 Å². The minimum atomic E-state index is -2.97. The zero-order valence-corrected chi connectivity index (χ0v) is 15.3. The van der Waals surface area contributed by atoms with Gasteiger partial charge in [0.25, 0.3) is 5.91 Å². The highest BCUT2D eigenvalue weighted by atomic mass is 32.1. The predicted octanol–water partition coefficient (Wildman–Crippen LogP) is 4.25. The van der Waals surface area contributed by atoms with Crippen molar-refractivity contribution >= 4 is 17.2 Å². The number of aryl methyl sites for hydroxylation is 1. The molecule has 0 aliphatic heterocycles. The molecule has 0 saturated carbocycles. The maximum absolute atomic E-state index is 12.5. The molecule has 6 nitrogen and oxygen atoms in total. The monoisotopic (exact) mass is 394 g/mol. The normalized spacial score (nSPS) is 10.9. The molecule has 0 radical (unpaired) electrons. The number of methoxy groups -OCH3 is 1. The van der Waals surface area contributed by atoms with Crippen LogP contribution in [-0.4, -0.2) is 24.6 Å². The van der Waals surface area contributed by atoms with Crippen LogP contribution in [0.1, 0.15) is 20.9 Å². The summed E-state index contributed by atoms with van der Waals surface area (Å²) in [5.41, 5.74) is 0.878. The van der Waals surface area contributed by atoms with E-state index in [4.69, 9.17) is 9.15 Å². The number of rotatable bonds is 7. The Hall–Kier alpha value is -2.94. The lowest BCUT2D eigenvalue weighted by molar-refractivity contribution is -0.0512. The SMILES string of the molecule is COc1ccc(CNC(=O)c2nc(-c3ccco3)sc2C)cc1OC(F)F. The van der Waals surface area contributed by atoms with E-state index < -0.39 is 6.61 Å². The van der Waals surface area contributed by atoms with E-state index in [0.29, 0.717) is 22.0 Å². The Bertz CT molecular complexity index is 926. The molecular weight excluding hydrogens is 378 g/mol. The molecule has 2 heterocycles. The van der Waals surface area contributed by atoms with Crippen LogP contribution >= 0.6 is 11.3 Å². The second kappa shape index (κ2) is 8.17. The zero-order valence-electron chi connectivity index (χ0n) is 14.5. The maximum Gasteiger partial charge on any atom is 0.387 e. The number of amides is 1. The molecule has 142 valence electrons. The number of furan rings is 1. The molecule has 3 aromatic rings. The van der Waals surface area contributed by atoms with Crippen molar-refractivity contribution in [1.82, 2.24) is 10.3 Å². The van der Waals surface area contributed by atoms with Crippen molar-refractivity contribution in [3.63, 3.8) is 0 Å². The number of thiazole rings is 1. The van der Waals surface area contributed by atoms with Gasteiger partial charge >= 0.3 is 6.61 Å². The first-order valence-electron chi connectivity index (χ1n) is 7.89. The van der Waals surface area contributed by atoms with E-state index in [1.807, 2.05) is 0 Å². The summed E-state index contributed by atoms with van der Waals surface area (Å²) in [4.78, 5) is 17.5. The third kappa shape index (κ3) is 4.43. The van der Waals surface area contributed by atoms with Crippen LogP contribution in [0.5, 0.6) is 11.5 Å². The Labute approximate surface area is 157 Å². The number of benzene rings is 1. The van der Waals surface area contributed by atoms with Gasteiger partial charge in [-0.3, -0.25) is 4.79 Å². The van der Waals surface area contributed by atoms with E-state index in [9.17, 15) is 13.6 Å². The number of hydrogen-bond acceptors (Lipinski definition) is 6. The molecule has 0 atom stereocenters. The Morgan fingerprint density at radius 1 is 1.33 bits per heavy atom. The minimum absolute atomic E-state index is 0.0933. The molecule has 0 bridgehead atoms. The summed E-state index contributed by atoms with van der Waals surface area (Å²) < 4.78 is 39.7. The Morgan fingerprint density at radius 2 is 2.15 bits per heavy atom. The number of aromatic nitrogens is 1. The van der Waals surface area contributed by atoms with Gasteiger partial charge in [-0.25, -0.2) is 4.98 Å². The molecule has 1 N–H and O–H groups in total. The molecule has 0 saturated heterocycles. The predicted molar refractivity (Wildman–Crippen MR) is 95.3 cm³/mol. The maximum atomic E-state index is 12.5. The number of hydrogen-bond donors (Lipinski definition) is 1. The van der Waals surface area contributed by atoms with Gasteiger partial charge in [-0.2, -0.15) is 8.78 Å². The van der Waals surface area contributed by atoms with E-state index in [1.54, 1.807) is 25.1 Å². The first-order valence-corrected chi connectivity index (χ1v) is 8.71. The summed E-state index contributed by atoms with van der Waals surface area (Å²) >= 11 is 1.35. The highest BCUT2D eigenvalue weighted by molar-refractivity contribution is 7.15. The molecule has 2 aromatic heterocycles. The van der Waals surface area contributed by atoms with Crippen molar-refractivity contribution in [3.8, 4) is 22.3 Å². The molecule has 3 rings (SSSR count). The van der Waals surface area contributed by atoms with Crippen molar-refractivity contribution in [2.75, 3.05) is 7.11 Å². The zero-order chi connectivity index (χ0) is 19.4. The molecule has 0 aliphatic carbocycles. The van der Waals surface area contributed by atoms with Crippen molar-refractivity contribution in [2.45, 2.75) is 20.1 Å². The van der Waals surface area contributed by atoms with E-state index in [2.05, 4.69) is 15.0 Å². The van der Waals surface area contributed by atoms with Gasteiger partial charge in [0.15, 0.2) is 22.3 Å². The highest BCUT2D eigenvalue weighted by Crippen LogP contribution is 2.30. The Balaban J connectivity index is 1.71. The third-order valence-electron chi connectivity index (χ3n) is 3.64. The molecule has 0 unspecified atom stereocenters. The van der Waals surface area contributed by atoms with Crippen LogP contribution in [-0.2, 0) is 6.54 Å². The molecule has 0 fully saturated rings. The fraction of sp³-hybridized carbons (Fsp3) is 0.222. The van der Waals surface area contributed by atoms with Gasteiger partial charge in [0.1, 0.15) is 5.69 Å². The van der Waals surface area contributed by atoms with Crippen LogP contribution in [0.4, 0.5) is 8.78 Å². The van der Waals surface area contributed by atoms with Crippen LogP contribution in [0.25, 0.3) is 10.8 Å². The van der Waals surface area contributed by atoms with Crippen LogP contribution in [0.3, 0.4) is 0 Å². The first kappa shape index (κ1) is 18.8. The number of carbonyl (C=O) groups excluding carboxylic acids is 1. The lowest BCUT2D eigenvalue weighted by Crippen LogP contribution is -2.23. The van der Waals surface area contributed by atoms with Crippen molar-refractivity contribution in [2.24, 2.45) is 0 Å². The van der Waals surface area contributed by atoms with Gasteiger partial charge in [-0.1, -0.05) is 6.07 Å². The van der Waals surface area contributed by atoms with Gasteiger partial charge in [0.2, 0.25) is 0 Å². The number of carbonyl (C=O) groups is 1. The minimum Gasteiger partial charge on any atom is -0.493 e. The molecule has 27 heavy (non-hydrogen) atoms. The standard InChI is InChI=1S/C18H16F2N2O4S/c1-10-15(22-17(27-10)13-4-3-7-25-13)16(23)21-9-11-5-6-12(24-2)14(8-11)26-18(19)20/h3-8,18H,9H2,1-2H3,(H,21,23). The topological polar surface area (TPSA) is 73.6 Å². The molecule has 0 aliphatic rings. The summed E-state index contributed by atoms with van der Waals surface area (Å²) in [6.45, 7) is -1.06. The molecule has 1 amide bonds. The van der Waals surface area contributed by atoms with Gasteiger partial charge in [0.05, 0.1) is 13.4 Å². The molecular formula is C18H16F2N2O4S. The number of halogens is 2. The van der Waals surface area contributed by atoms with Crippen LogP contribution < -0.4 is 14.8 Å². The fourth-order valence-electron chi connectivity index (χ4n) is 2.40. The van der Waals surface area contributed by atoms with Crippen LogP contribution in [0.2, 0.25) is 0 Å². The average molecular weight is 394 g/mol.